The van der Waals surface area contributed by atoms with E-state index in [-0.39, 0.29) is 54.7 Å². The van der Waals surface area contributed by atoms with Crippen molar-refractivity contribution in [1.29, 1.82) is 0 Å². The monoisotopic (exact) mass is 821 g/mol. The molecular formula is C40H45Cl2N7O6S. The minimum atomic E-state index is -3.55. The molecule has 1 saturated carbocycles. The summed E-state index contributed by atoms with van der Waals surface area (Å²) in [5.41, 5.74) is 2.53. The second-order valence-electron chi connectivity index (χ2n) is 12.9. The smallest absolute Gasteiger partial charge is 0.308 e. The van der Waals surface area contributed by atoms with Gasteiger partial charge in [-0.3, -0.25) is 23.5 Å². The number of fused-ring (bicyclic) bond motifs is 2. The average molecular weight is 823 g/mol. The van der Waals surface area contributed by atoms with Gasteiger partial charge in [0.2, 0.25) is 20.9 Å². The van der Waals surface area contributed by atoms with E-state index in [9.17, 15) is 22.8 Å². The fourth-order valence-electron chi connectivity index (χ4n) is 6.39. The lowest BCUT2D eigenvalue weighted by Gasteiger charge is -2.27. The molecule has 1 aliphatic carbocycles. The van der Waals surface area contributed by atoms with Crippen LogP contribution in [0, 0.1) is 5.92 Å². The molecule has 2 aromatic carbocycles. The Morgan fingerprint density at radius 2 is 1.27 bits per heavy atom. The number of halogens is 2. The molecule has 4 heterocycles. The molecule has 1 aliphatic rings. The lowest BCUT2D eigenvalue weighted by atomic mass is 9.86. The first-order chi connectivity index (χ1) is 25.8. The van der Waals surface area contributed by atoms with E-state index >= 15 is 0 Å². The Hall–Kier alpha value is -5.18. The zero-order valence-corrected chi connectivity index (χ0v) is 32.2. The van der Waals surface area contributed by atoms with Gasteiger partial charge in [-0.25, -0.2) is 18.4 Å². The maximum Gasteiger partial charge on any atom is 0.308 e. The van der Waals surface area contributed by atoms with Crippen LogP contribution in [0.5, 0.6) is 0 Å². The van der Waals surface area contributed by atoms with Crippen molar-refractivity contribution in [2.75, 3.05) is 18.2 Å². The molecule has 16 heteroatoms. The second kappa shape index (κ2) is 18.2. The van der Waals surface area contributed by atoms with Crippen molar-refractivity contribution in [2.45, 2.75) is 58.7 Å². The molecule has 13 nitrogen and oxygen atoms in total. The highest BCUT2D eigenvalue weighted by Crippen LogP contribution is 2.30. The summed E-state index contributed by atoms with van der Waals surface area (Å²) >= 11 is 12.5. The van der Waals surface area contributed by atoms with Gasteiger partial charge < -0.3 is 10.1 Å². The Morgan fingerprint density at radius 1 is 0.786 bits per heavy atom. The molecule has 4 aromatic heterocycles. The third-order valence-electron chi connectivity index (χ3n) is 9.21. The number of sulfone groups is 1. The zero-order valence-electron chi connectivity index (χ0n) is 29.9. The van der Waals surface area contributed by atoms with E-state index in [0.717, 1.165) is 37.3 Å². The molecule has 7 rings (SSSR count). The number of nitrogens with zero attached hydrogens (tertiary/aromatic N) is 6. The van der Waals surface area contributed by atoms with Gasteiger partial charge in [0.1, 0.15) is 11.3 Å². The Labute approximate surface area is 335 Å². The minimum Gasteiger partial charge on any atom is -0.466 e. The third kappa shape index (κ3) is 9.26. The van der Waals surface area contributed by atoms with Crippen molar-refractivity contribution in [1.82, 2.24) is 29.1 Å². The lowest BCUT2D eigenvalue weighted by Crippen LogP contribution is -2.31. The van der Waals surface area contributed by atoms with Gasteiger partial charge in [0.15, 0.2) is 0 Å². The number of hydrogen-bond acceptors (Lipinski definition) is 11. The molecular weight excluding hydrogens is 777 g/mol. The van der Waals surface area contributed by atoms with E-state index in [4.69, 9.17) is 27.9 Å². The van der Waals surface area contributed by atoms with Crippen molar-refractivity contribution >= 4 is 67.0 Å². The number of hydrogen-bond donors (Lipinski definition) is 1. The van der Waals surface area contributed by atoms with Crippen LogP contribution in [0.4, 0.5) is 5.95 Å². The molecule has 0 aliphatic heterocycles. The van der Waals surface area contributed by atoms with Gasteiger partial charge in [0, 0.05) is 81.9 Å². The number of carbonyl (C=O) groups excluding carboxylic acids is 1. The van der Waals surface area contributed by atoms with Crippen molar-refractivity contribution in [3.8, 4) is 22.3 Å². The number of rotatable bonds is 7. The first kappa shape index (κ1) is 43.5. The summed E-state index contributed by atoms with van der Waals surface area (Å²) in [7, 11) is -0.319. The summed E-state index contributed by atoms with van der Waals surface area (Å²) in [4.78, 5) is 54.4. The predicted molar refractivity (Wildman–Crippen MR) is 223 cm³/mol. The number of carbonyl (C=O) groups is 1. The van der Waals surface area contributed by atoms with Gasteiger partial charge >= 0.3 is 5.97 Å². The van der Waals surface area contributed by atoms with Gasteiger partial charge in [-0.2, -0.15) is 9.97 Å². The molecule has 0 spiro atoms. The first-order valence-electron chi connectivity index (χ1n) is 17.1. The quantitative estimate of drug-likeness (QED) is 0.125. The number of benzene rings is 2. The number of pyridine rings is 2. The SMILES string of the molecule is C.C.CCOC(=O)C1CCC(Nc2ncc3cc(-c4ccccc4Cl)c(=O)n(C)c3n2)CC1.Cn1c(=O)c(-c2ccccc2Cl)cc2cnc(S(C)(=O)=O)nc21. The average Bonchev–Trinajstić information content (AvgIpc) is 3.15. The van der Waals surface area contributed by atoms with Crippen molar-refractivity contribution in [3.63, 3.8) is 0 Å². The van der Waals surface area contributed by atoms with Crippen LogP contribution in [0.3, 0.4) is 0 Å². The molecule has 0 amide bonds. The molecule has 56 heavy (non-hydrogen) atoms. The standard InChI is InChI=1S/C23H25ClN4O3.C15H12ClN3O3S.2CH4/c1-3-31-22(30)14-8-10-16(11-9-14)26-23-25-13-15-12-18(17-6-4-5-7-19(17)24)21(29)28(2)20(15)27-23;1-19-13-9(8-17-15(18-13)23(2,21)22)7-11(14(19)20)10-5-3-4-6-12(10)16;;/h4-7,12-14,16H,3,8-11H2,1-2H3,(H,25,26,27);3-8H,1-2H3;2*1H4. The van der Waals surface area contributed by atoms with E-state index in [1.165, 1.54) is 22.4 Å². The van der Waals surface area contributed by atoms with Crippen LogP contribution < -0.4 is 16.4 Å². The van der Waals surface area contributed by atoms with Gasteiger partial charge in [0.25, 0.3) is 11.1 Å². The van der Waals surface area contributed by atoms with Crippen molar-refractivity contribution in [2.24, 2.45) is 20.0 Å². The van der Waals surface area contributed by atoms with Gasteiger partial charge in [-0.15, -0.1) is 0 Å². The van der Waals surface area contributed by atoms with Crippen LogP contribution >= 0.6 is 23.2 Å². The highest BCUT2D eigenvalue weighted by Gasteiger charge is 2.27. The summed E-state index contributed by atoms with van der Waals surface area (Å²) in [6.07, 6.45) is 7.37. The van der Waals surface area contributed by atoms with Crippen molar-refractivity contribution in [3.05, 3.63) is 104 Å². The minimum absolute atomic E-state index is 0. The fourth-order valence-corrected chi connectivity index (χ4v) is 7.36. The molecule has 0 atom stereocenters. The Bertz CT molecular complexity index is 2620. The summed E-state index contributed by atoms with van der Waals surface area (Å²) in [5.74, 6) is 0.347. The van der Waals surface area contributed by atoms with Gasteiger partial charge in [0.05, 0.1) is 12.5 Å². The topological polar surface area (TPSA) is 168 Å². The molecule has 1 fully saturated rings. The maximum absolute atomic E-state index is 13.0. The van der Waals surface area contributed by atoms with Crippen LogP contribution in [0.25, 0.3) is 44.3 Å². The Morgan fingerprint density at radius 3 is 1.75 bits per heavy atom. The number of esters is 1. The zero-order chi connectivity index (χ0) is 38.7. The molecule has 0 saturated heterocycles. The number of aromatic nitrogens is 6. The molecule has 1 N–H and O–H groups in total. The largest absolute Gasteiger partial charge is 0.466 e. The number of aryl methyl sites for hydroxylation is 2. The molecule has 0 unspecified atom stereocenters. The predicted octanol–water partition coefficient (Wildman–Crippen LogP) is 7.51. The van der Waals surface area contributed by atoms with Crippen LogP contribution in [0.1, 0.15) is 47.5 Å². The summed E-state index contributed by atoms with van der Waals surface area (Å²) < 4.78 is 31.1. The Balaban J connectivity index is 0.000000250. The second-order valence-corrected chi connectivity index (χ2v) is 15.6. The summed E-state index contributed by atoms with van der Waals surface area (Å²) in [5, 5.41) is 5.33. The fraction of sp³-hybridized carbons (Fsp3) is 0.325. The van der Waals surface area contributed by atoms with E-state index in [1.54, 1.807) is 55.7 Å². The van der Waals surface area contributed by atoms with Crippen LogP contribution in [0.15, 0.2) is 87.8 Å². The van der Waals surface area contributed by atoms with Gasteiger partial charge in [-0.1, -0.05) is 74.5 Å². The van der Waals surface area contributed by atoms with E-state index in [2.05, 4.69) is 25.3 Å². The third-order valence-corrected chi connectivity index (χ3v) is 10.7. The van der Waals surface area contributed by atoms with E-state index in [1.807, 2.05) is 25.1 Å². The molecule has 0 radical (unpaired) electrons. The number of ether oxygens (including phenoxy) is 1. The highest BCUT2D eigenvalue weighted by molar-refractivity contribution is 7.90. The van der Waals surface area contributed by atoms with E-state index < -0.39 is 9.84 Å². The molecule has 0 bridgehead atoms. The first-order valence-corrected chi connectivity index (χ1v) is 19.8. The van der Waals surface area contributed by atoms with Gasteiger partial charge in [-0.05, 0) is 56.9 Å². The summed E-state index contributed by atoms with van der Waals surface area (Å²) in [6, 6.07) is 17.9. The molecule has 6 aromatic rings. The molecule has 296 valence electrons. The highest BCUT2D eigenvalue weighted by atomic mass is 35.5. The Kier molecular flexibility index (Phi) is 14.1. The van der Waals surface area contributed by atoms with Crippen LogP contribution in [-0.4, -0.2) is 62.4 Å². The lowest BCUT2D eigenvalue weighted by molar-refractivity contribution is -0.149. The maximum atomic E-state index is 13.0. The van der Waals surface area contributed by atoms with Crippen molar-refractivity contribution < 1.29 is 17.9 Å². The number of nitrogens with one attached hydrogen (secondary N) is 1. The van der Waals surface area contributed by atoms with Crippen LogP contribution in [0.2, 0.25) is 10.0 Å². The van der Waals surface area contributed by atoms with Crippen LogP contribution in [-0.2, 0) is 33.5 Å². The normalized spacial score (nSPS) is 15.2. The summed E-state index contributed by atoms with van der Waals surface area (Å²) in [6.45, 7) is 2.24. The van der Waals surface area contributed by atoms with E-state index in [0.29, 0.717) is 55.9 Å². The number of anilines is 1.